The third-order valence-corrected chi connectivity index (χ3v) is 3.27. The summed E-state index contributed by atoms with van der Waals surface area (Å²) >= 11 is 0. The number of para-hydroxylation sites is 1. The first-order valence-corrected chi connectivity index (χ1v) is 7.03. The third kappa shape index (κ3) is 4.37. The Bertz CT molecular complexity index is 499. The van der Waals surface area contributed by atoms with Crippen LogP contribution in [0.15, 0.2) is 18.2 Å². The van der Waals surface area contributed by atoms with Crippen LogP contribution in [0.3, 0.4) is 0 Å². The molecule has 0 aliphatic carbocycles. The molecule has 6 nitrogen and oxygen atoms in total. The summed E-state index contributed by atoms with van der Waals surface area (Å²) in [7, 11) is 1.50. The van der Waals surface area contributed by atoms with Crippen molar-refractivity contribution in [1.82, 2.24) is 10.2 Å². The second-order valence-corrected chi connectivity index (χ2v) is 4.49. The van der Waals surface area contributed by atoms with Crippen molar-refractivity contribution in [2.45, 2.75) is 20.3 Å². The largest absolute Gasteiger partial charge is 0.495 e. The molecule has 0 unspecified atom stereocenters. The Balaban J connectivity index is 2.57. The quantitative estimate of drug-likeness (QED) is 0.741. The molecule has 0 atom stereocenters. The molecule has 3 N–H and O–H groups in total. The first kappa shape index (κ1) is 16.8. The highest BCUT2D eigenvalue weighted by molar-refractivity contribution is 6.00. The zero-order chi connectivity index (χ0) is 15.8. The predicted molar refractivity (Wildman–Crippen MR) is 82.3 cm³/mol. The van der Waals surface area contributed by atoms with Crippen molar-refractivity contribution in [3.63, 3.8) is 0 Å². The summed E-state index contributed by atoms with van der Waals surface area (Å²) in [5.74, 6) is 0.180. The maximum atomic E-state index is 12.1. The number of anilines is 1. The number of hydrogen-bond donors (Lipinski definition) is 2. The molecule has 0 spiro atoms. The van der Waals surface area contributed by atoms with E-state index in [1.807, 2.05) is 13.8 Å². The minimum absolute atomic E-state index is 0.0268. The molecule has 0 heterocycles. The fourth-order valence-electron chi connectivity index (χ4n) is 2.03. The van der Waals surface area contributed by atoms with Crippen LogP contribution < -0.4 is 15.8 Å². The fraction of sp³-hybridized carbons (Fsp3) is 0.467. The molecule has 0 bridgehead atoms. The van der Waals surface area contributed by atoms with Gasteiger partial charge in [0.25, 0.3) is 5.91 Å². The lowest BCUT2D eigenvalue weighted by atomic mass is 10.1. The average molecular weight is 293 g/mol. The summed E-state index contributed by atoms with van der Waals surface area (Å²) in [5, 5.41) is 2.70. The third-order valence-electron chi connectivity index (χ3n) is 3.27. The van der Waals surface area contributed by atoms with Gasteiger partial charge in [-0.15, -0.1) is 0 Å². The van der Waals surface area contributed by atoms with Crippen LogP contribution in [0.1, 0.15) is 30.6 Å². The van der Waals surface area contributed by atoms with Gasteiger partial charge in [0.15, 0.2) is 0 Å². The number of nitrogens with one attached hydrogen (secondary N) is 1. The number of ether oxygens (including phenoxy) is 1. The number of benzene rings is 1. The van der Waals surface area contributed by atoms with Crippen LogP contribution in [0.2, 0.25) is 0 Å². The average Bonchev–Trinajstić information content (AvgIpc) is 2.48. The van der Waals surface area contributed by atoms with Crippen molar-refractivity contribution in [1.29, 1.82) is 0 Å². The standard InChI is InChI=1S/C15H23N3O3/c1-4-18(5-2)13(19)9-10-17-15(20)11-7-6-8-12(21-3)14(11)16/h6-8H,4-5,9-10,16H2,1-3H3,(H,17,20). The highest BCUT2D eigenvalue weighted by Gasteiger charge is 2.14. The zero-order valence-electron chi connectivity index (χ0n) is 12.8. The van der Waals surface area contributed by atoms with Crippen molar-refractivity contribution in [3.8, 4) is 5.75 Å². The van der Waals surface area contributed by atoms with Crippen LogP contribution in [0, 0.1) is 0 Å². The Morgan fingerprint density at radius 1 is 1.29 bits per heavy atom. The van der Waals surface area contributed by atoms with E-state index in [4.69, 9.17) is 10.5 Å². The number of rotatable bonds is 7. The van der Waals surface area contributed by atoms with Crippen LogP contribution in [-0.2, 0) is 4.79 Å². The Labute approximate surface area is 125 Å². The van der Waals surface area contributed by atoms with E-state index in [-0.39, 0.29) is 24.8 Å². The molecular weight excluding hydrogens is 270 g/mol. The summed E-state index contributed by atoms with van der Waals surface area (Å²) in [6.07, 6.45) is 0.275. The lowest BCUT2D eigenvalue weighted by Crippen LogP contribution is -2.34. The molecule has 1 aromatic rings. The number of nitrogen functional groups attached to an aromatic ring is 1. The Hall–Kier alpha value is -2.24. The molecule has 116 valence electrons. The normalized spacial score (nSPS) is 10.0. The second-order valence-electron chi connectivity index (χ2n) is 4.49. The van der Waals surface area contributed by atoms with Crippen molar-refractivity contribution in [2.24, 2.45) is 0 Å². The zero-order valence-corrected chi connectivity index (χ0v) is 12.8. The van der Waals surface area contributed by atoms with Gasteiger partial charge in [0.2, 0.25) is 5.91 Å². The van der Waals surface area contributed by atoms with Gasteiger partial charge < -0.3 is 20.7 Å². The minimum Gasteiger partial charge on any atom is -0.495 e. The topological polar surface area (TPSA) is 84.7 Å². The predicted octanol–water partition coefficient (Wildman–Crippen LogP) is 1.27. The maximum Gasteiger partial charge on any atom is 0.253 e. The van der Waals surface area contributed by atoms with Crippen LogP contribution in [-0.4, -0.2) is 43.5 Å². The molecule has 0 aliphatic rings. The van der Waals surface area contributed by atoms with E-state index in [1.54, 1.807) is 23.1 Å². The summed E-state index contributed by atoms with van der Waals surface area (Å²) in [6.45, 7) is 5.48. The Morgan fingerprint density at radius 3 is 2.52 bits per heavy atom. The summed E-state index contributed by atoms with van der Waals surface area (Å²) < 4.78 is 5.07. The van der Waals surface area contributed by atoms with E-state index < -0.39 is 0 Å². The number of amides is 2. The first-order chi connectivity index (χ1) is 10.0. The molecule has 1 rings (SSSR count). The lowest BCUT2D eigenvalue weighted by molar-refractivity contribution is -0.130. The minimum atomic E-state index is -0.307. The second kappa shape index (κ2) is 8.14. The lowest BCUT2D eigenvalue weighted by Gasteiger charge is -2.18. The van der Waals surface area contributed by atoms with Crippen LogP contribution in [0.4, 0.5) is 5.69 Å². The molecular formula is C15H23N3O3. The van der Waals surface area contributed by atoms with Crippen molar-refractivity contribution in [3.05, 3.63) is 23.8 Å². The number of nitrogens with zero attached hydrogens (tertiary/aromatic N) is 1. The summed E-state index contributed by atoms with van der Waals surface area (Å²) in [6, 6.07) is 5.01. The van der Waals surface area contributed by atoms with E-state index in [9.17, 15) is 9.59 Å². The fourth-order valence-corrected chi connectivity index (χ4v) is 2.03. The smallest absolute Gasteiger partial charge is 0.253 e. The van der Waals surface area contributed by atoms with Gasteiger partial charge in [0.05, 0.1) is 18.4 Å². The van der Waals surface area contributed by atoms with Crippen molar-refractivity contribution >= 4 is 17.5 Å². The maximum absolute atomic E-state index is 12.1. The number of carbonyl (C=O) groups excluding carboxylic acids is 2. The monoisotopic (exact) mass is 293 g/mol. The van der Waals surface area contributed by atoms with E-state index in [0.717, 1.165) is 0 Å². The van der Waals surface area contributed by atoms with Gasteiger partial charge in [0, 0.05) is 26.1 Å². The number of hydrogen-bond acceptors (Lipinski definition) is 4. The van der Waals surface area contributed by atoms with Gasteiger partial charge in [-0.1, -0.05) is 6.07 Å². The SMILES string of the molecule is CCN(CC)C(=O)CCNC(=O)c1cccc(OC)c1N. The van der Waals surface area contributed by atoms with Crippen LogP contribution >= 0.6 is 0 Å². The van der Waals surface area contributed by atoms with Gasteiger partial charge in [-0.25, -0.2) is 0 Å². The number of methoxy groups -OCH3 is 1. The van der Waals surface area contributed by atoms with E-state index in [2.05, 4.69) is 5.32 Å². The van der Waals surface area contributed by atoms with Gasteiger partial charge in [-0.05, 0) is 26.0 Å². The van der Waals surface area contributed by atoms with Gasteiger partial charge >= 0.3 is 0 Å². The van der Waals surface area contributed by atoms with E-state index in [1.165, 1.54) is 7.11 Å². The molecule has 6 heteroatoms. The molecule has 0 radical (unpaired) electrons. The van der Waals surface area contributed by atoms with Crippen molar-refractivity contribution in [2.75, 3.05) is 32.5 Å². The first-order valence-electron chi connectivity index (χ1n) is 7.03. The molecule has 0 aromatic heterocycles. The van der Waals surface area contributed by atoms with E-state index >= 15 is 0 Å². The van der Waals surface area contributed by atoms with Crippen LogP contribution in [0.5, 0.6) is 5.75 Å². The molecule has 2 amide bonds. The Kier molecular flexibility index (Phi) is 6.52. The summed E-state index contributed by atoms with van der Waals surface area (Å²) in [4.78, 5) is 25.6. The number of nitrogens with two attached hydrogens (primary N) is 1. The molecule has 0 fully saturated rings. The highest BCUT2D eigenvalue weighted by Crippen LogP contribution is 2.24. The molecule has 0 saturated carbocycles. The van der Waals surface area contributed by atoms with Gasteiger partial charge in [0.1, 0.15) is 5.75 Å². The molecule has 0 saturated heterocycles. The van der Waals surface area contributed by atoms with Crippen LogP contribution in [0.25, 0.3) is 0 Å². The van der Waals surface area contributed by atoms with E-state index in [0.29, 0.717) is 30.1 Å². The highest BCUT2D eigenvalue weighted by atomic mass is 16.5. The molecule has 0 aliphatic heterocycles. The number of carbonyl (C=O) groups is 2. The Morgan fingerprint density at radius 2 is 1.95 bits per heavy atom. The van der Waals surface area contributed by atoms with Crippen molar-refractivity contribution < 1.29 is 14.3 Å². The van der Waals surface area contributed by atoms with Gasteiger partial charge in [-0.3, -0.25) is 9.59 Å². The van der Waals surface area contributed by atoms with Gasteiger partial charge in [-0.2, -0.15) is 0 Å². The molecule has 1 aromatic carbocycles. The summed E-state index contributed by atoms with van der Waals surface area (Å²) in [5.41, 5.74) is 6.51. The molecule has 21 heavy (non-hydrogen) atoms.